The average Bonchev–Trinajstić information content (AvgIpc) is 2.43. The van der Waals surface area contributed by atoms with Gasteiger partial charge in [-0.05, 0) is 37.1 Å². The number of aliphatic hydroxyl groups is 2. The summed E-state index contributed by atoms with van der Waals surface area (Å²) in [7, 11) is 0. The van der Waals surface area contributed by atoms with Crippen LogP contribution in [0.25, 0.3) is 0 Å². The van der Waals surface area contributed by atoms with E-state index in [0.717, 1.165) is 25.6 Å². The molecule has 20 heavy (non-hydrogen) atoms. The summed E-state index contributed by atoms with van der Waals surface area (Å²) in [6.07, 6.45) is 6.31. The molecule has 3 N–H and O–H groups in total. The van der Waals surface area contributed by atoms with Crippen molar-refractivity contribution in [3.63, 3.8) is 0 Å². The van der Waals surface area contributed by atoms with Crippen molar-refractivity contribution in [2.75, 3.05) is 45.9 Å². The minimum Gasteiger partial charge on any atom is -0.395 e. The second kappa shape index (κ2) is 9.72. The van der Waals surface area contributed by atoms with Crippen molar-refractivity contribution in [2.24, 2.45) is 11.3 Å². The van der Waals surface area contributed by atoms with Crippen molar-refractivity contribution in [3.05, 3.63) is 0 Å². The van der Waals surface area contributed by atoms with Crippen LogP contribution >= 0.6 is 0 Å². The van der Waals surface area contributed by atoms with Gasteiger partial charge in [0.2, 0.25) is 0 Å². The van der Waals surface area contributed by atoms with E-state index in [0.29, 0.717) is 18.5 Å². The Kier molecular flexibility index (Phi) is 8.69. The van der Waals surface area contributed by atoms with Crippen LogP contribution < -0.4 is 5.32 Å². The van der Waals surface area contributed by atoms with E-state index in [9.17, 15) is 10.2 Å². The third-order valence-electron chi connectivity index (χ3n) is 4.65. The molecule has 1 rings (SSSR count). The van der Waals surface area contributed by atoms with Gasteiger partial charge >= 0.3 is 0 Å². The van der Waals surface area contributed by atoms with Crippen molar-refractivity contribution in [1.29, 1.82) is 0 Å². The van der Waals surface area contributed by atoms with Gasteiger partial charge in [0.1, 0.15) is 0 Å². The molecule has 4 nitrogen and oxygen atoms in total. The van der Waals surface area contributed by atoms with E-state index in [1.807, 2.05) is 0 Å². The van der Waals surface area contributed by atoms with Gasteiger partial charge in [-0.25, -0.2) is 0 Å². The van der Waals surface area contributed by atoms with Crippen molar-refractivity contribution < 1.29 is 10.2 Å². The van der Waals surface area contributed by atoms with Crippen molar-refractivity contribution >= 4 is 0 Å². The summed E-state index contributed by atoms with van der Waals surface area (Å²) >= 11 is 0. The quantitative estimate of drug-likeness (QED) is 0.532. The largest absolute Gasteiger partial charge is 0.395 e. The molecule has 0 aromatic rings. The molecule has 0 heterocycles. The fraction of sp³-hybridized carbons (Fsp3) is 1.00. The highest BCUT2D eigenvalue weighted by Gasteiger charge is 2.35. The molecule has 0 spiro atoms. The standard InChI is InChI=1S/C16H34N2O2/c1-3-8-17-13-16(6-4-15(2)5-7-16)14-18(9-11-19)10-12-20/h15,17,19-20H,3-14H2,1-2H3. The average molecular weight is 286 g/mol. The third-order valence-corrected chi connectivity index (χ3v) is 4.65. The van der Waals surface area contributed by atoms with E-state index < -0.39 is 0 Å². The first-order chi connectivity index (χ1) is 9.65. The number of hydrogen-bond acceptors (Lipinski definition) is 4. The molecule has 0 bridgehead atoms. The van der Waals surface area contributed by atoms with Crippen LogP contribution in [0.3, 0.4) is 0 Å². The first-order valence-corrected chi connectivity index (χ1v) is 8.30. The minimum absolute atomic E-state index is 0.175. The van der Waals surface area contributed by atoms with Gasteiger partial charge in [-0.1, -0.05) is 26.7 Å². The van der Waals surface area contributed by atoms with Gasteiger partial charge < -0.3 is 15.5 Å². The van der Waals surface area contributed by atoms with Crippen LogP contribution in [0.2, 0.25) is 0 Å². The van der Waals surface area contributed by atoms with Crippen LogP contribution in [0.15, 0.2) is 0 Å². The number of nitrogens with one attached hydrogen (secondary N) is 1. The van der Waals surface area contributed by atoms with Crippen LogP contribution in [0, 0.1) is 11.3 Å². The smallest absolute Gasteiger partial charge is 0.0558 e. The monoisotopic (exact) mass is 286 g/mol. The van der Waals surface area contributed by atoms with Crippen molar-refractivity contribution in [1.82, 2.24) is 10.2 Å². The van der Waals surface area contributed by atoms with Gasteiger partial charge in [-0.2, -0.15) is 0 Å². The van der Waals surface area contributed by atoms with Gasteiger partial charge in [-0.3, -0.25) is 4.90 Å². The molecular formula is C16H34N2O2. The Bertz CT molecular complexity index is 235. The lowest BCUT2D eigenvalue weighted by Gasteiger charge is -2.43. The van der Waals surface area contributed by atoms with Crippen molar-refractivity contribution in [2.45, 2.75) is 46.0 Å². The van der Waals surface area contributed by atoms with E-state index in [1.54, 1.807) is 0 Å². The lowest BCUT2D eigenvalue weighted by Crippen LogP contribution is -2.47. The minimum atomic E-state index is 0.175. The second-order valence-electron chi connectivity index (χ2n) is 6.58. The Labute approximate surface area is 124 Å². The van der Waals surface area contributed by atoms with Gasteiger partial charge in [0.05, 0.1) is 13.2 Å². The molecule has 1 aliphatic carbocycles. The van der Waals surface area contributed by atoms with E-state index in [4.69, 9.17) is 0 Å². The zero-order valence-corrected chi connectivity index (χ0v) is 13.4. The number of hydrogen-bond donors (Lipinski definition) is 3. The van der Waals surface area contributed by atoms with Crippen LogP contribution in [0.1, 0.15) is 46.0 Å². The molecule has 0 unspecified atom stereocenters. The fourth-order valence-electron chi connectivity index (χ4n) is 3.32. The van der Waals surface area contributed by atoms with E-state index >= 15 is 0 Å². The highest BCUT2D eigenvalue weighted by Crippen LogP contribution is 2.39. The predicted molar refractivity (Wildman–Crippen MR) is 83.8 cm³/mol. The maximum Gasteiger partial charge on any atom is 0.0558 e. The molecular weight excluding hydrogens is 252 g/mol. The first-order valence-electron chi connectivity index (χ1n) is 8.30. The molecule has 0 aromatic heterocycles. The predicted octanol–water partition coefficient (Wildman–Crippen LogP) is 1.47. The zero-order chi connectivity index (χ0) is 14.8. The Morgan fingerprint density at radius 1 is 1.15 bits per heavy atom. The Hall–Kier alpha value is -0.160. The summed E-state index contributed by atoms with van der Waals surface area (Å²) in [6, 6.07) is 0. The van der Waals surface area contributed by atoms with Gasteiger partial charge in [0.15, 0.2) is 0 Å². The van der Waals surface area contributed by atoms with Crippen LogP contribution in [0.4, 0.5) is 0 Å². The molecule has 120 valence electrons. The maximum absolute atomic E-state index is 9.19. The highest BCUT2D eigenvalue weighted by molar-refractivity contribution is 4.89. The van der Waals surface area contributed by atoms with Gasteiger partial charge in [0, 0.05) is 26.2 Å². The first kappa shape index (κ1) is 17.9. The summed E-state index contributed by atoms with van der Waals surface area (Å²) in [5, 5.41) is 22.0. The van der Waals surface area contributed by atoms with Crippen LogP contribution in [-0.2, 0) is 0 Å². The molecule has 0 atom stereocenters. The molecule has 0 saturated heterocycles. The molecule has 0 amide bonds. The molecule has 4 heteroatoms. The Balaban J connectivity index is 2.60. The molecule has 0 aromatic carbocycles. The Morgan fingerprint density at radius 2 is 1.75 bits per heavy atom. The van der Waals surface area contributed by atoms with Gasteiger partial charge in [-0.15, -0.1) is 0 Å². The topological polar surface area (TPSA) is 55.7 Å². The summed E-state index contributed by atoms with van der Waals surface area (Å²) in [6.45, 7) is 9.39. The summed E-state index contributed by atoms with van der Waals surface area (Å²) in [4.78, 5) is 2.23. The van der Waals surface area contributed by atoms with Crippen molar-refractivity contribution in [3.8, 4) is 0 Å². The van der Waals surface area contributed by atoms with E-state index in [2.05, 4.69) is 24.1 Å². The highest BCUT2D eigenvalue weighted by atomic mass is 16.3. The van der Waals surface area contributed by atoms with Crippen LogP contribution in [-0.4, -0.2) is 61.1 Å². The van der Waals surface area contributed by atoms with E-state index in [1.165, 1.54) is 32.1 Å². The summed E-state index contributed by atoms with van der Waals surface area (Å²) in [5.74, 6) is 0.846. The molecule has 0 aliphatic heterocycles. The molecule has 1 fully saturated rings. The Morgan fingerprint density at radius 3 is 2.25 bits per heavy atom. The lowest BCUT2D eigenvalue weighted by atomic mass is 9.70. The SMILES string of the molecule is CCCNCC1(CN(CCO)CCO)CCC(C)CC1. The number of aliphatic hydroxyl groups excluding tert-OH is 2. The molecule has 1 saturated carbocycles. The molecule has 1 aliphatic rings. The third kappa shape index (κ3) is 6.08. The second-order valence-corrected chi connectivity index (χ2v) is 6.58. The lowest BCUT2D eigenvalue weighted by molar-refractivity contribution is 0.0659. The molecule has 0 radical (unpaired) electrons. The maximum atomic E-state index is 9.19. The fourth-order valence-corrected chi connectivity index (χ4v) is 3.32. The zero-order valence-electron chi connectivity index (χ0n) is 13.4. The summed E-state index contributed by atoms with van der Waals surface area (Å²) in [5.41, 5.74) is 0.325. The van der Waals surface area contributed by atoms with Gasteiger partial charge in [0.25, 0.3) is 0 Å². The normalized spacial score (nSPS) is 27.1. The van der Waals surface area contributed by atoms with Crippen LogP contribution in [0.5, 0.6) is 0 Å². The number of nitrogens with zero attached hydrogens (tertiary/aromatic N) is 1. The summed E-state index contributed by atoms with van der Waals surface area (Å²) < 4.78 is 0. The van der Waals surface area contributed by atoms with E-state index in [-0.39, 0.29) is 13.2 Å². The number of rotatable bonds is 10.